The van der Waals surface area contributed by atoms with Crippen LogP contribution in [0.25, 0.3) is 0 Å². The second-order valence-corrected chi connectivity index (χ2v) is 5.59. The van der Waals surface area contributed by atoms with Gasteiger partial charge in [0.2, 0.25) is 0 Å². The molecule has 4 nitrogen and oxygen atoms in total. The quantitative estimate of drug-likeness (QED) is 0.847. The Kier molecular flexibility index (Phi) is 5.56. The number of nitrogens with two attached hydrogens (primary N) is 1. The standard InChI is InChI=1S/C16H23FN2O2/c1-2-21-16(20)8-3-12-9-14(18)11-19(10-12)15-6-4-13(17)5-7-15/h4-7,12,14H,2-3,8-11,18H2,1H3. The number of anilines is 1. The first-order valence-corrected chi connectivity index (χ1v) is 7.50. The third-order valence-corrected chi connectivity index (χ3v) is 3.82. The van der Waals surface area contributed by atoms with Crippen LogP contribution in [0.1, 0.15) is 26.2 Å². The van der Waals surface area contributed by atoms with Gasteiger partial charge in [-0.05, 0) is 49.9 Å². The van der Waals surface area contributed by atoms with Gasteiger partial charge in [0, 0.05) is 31.2 Å². The lowest BCUT2D eigenvalue weighted by molar-refractivity contribution is -0.143. The highest BCUT2D eigenvalue weighted by Gasteiger charge is 2.25. The third kappa shape index (κ3) is 4.70. The monoisotopic (exact) mass is 294 g/mol. The fourth-order valence-electron chi connectivity index (χ4n) is 2.87. The summed E-state index contributed by atoms with van der Waals surface area (Å²) in [5.74, 6) is -0.0212. The zero-order valence-corrected chi connectivity index (χ0v) is 12.4. The van der Waals surface area contributed by atoms with Gasteiger partial charge in [0.05, 0.1) is 6.61 Å². The van der Waals surface area contributed by atoms with Crippen LogP contribution in [0.15, 0.2) is 24.3 Å². The van der Waals surface area contributed by atoms with Crippen LogP contribution >= 0.6 is 0 Å². The van der Waals surface area contributed by atoms with Gasteiger partial charge in [0.25, 0.3) is 0 Å². The summed E-state index contributed by atoms with van der Waals surface area (Å²) in [5.41, 5.74) is 7.10. The van der Waals surface area contributed by atoms with Crippen LogP contribution in [0, 0.1) is 11.7 Å². The maximum Gasteiger partial charge on any atom is 0.305 e. The van der Waals surface area contributed by atoms with Crippen molar-refractivity contribution in [1.82, 2.24) is 0 Å². The largest absolute Gasteiger partial charge is 0.466 e. The molecule has 1 aliphatic heterocycles. The Hall–Kier alpha value is -1.62. The smallest absolute Gasteiger partial charge is 0.305 e. The van der Waals surface area contributed by atoms with Gasteiger partial charge in [-0.15, -0.1) is 0 Å². The molecule has 1 fully saturated rings. The normalized spacial score (nSPS) is 22.1. The van der Waals surface area contributed by atoms with E-state index in [1.165, 1.54) is 12.1 Å². The van der Waals surface area contributed by atoms with Crippen LogP contribution < -0.4 is 10.6 Å². The lowest BCUT2D eigenvalue weighted by atomic mass is 9.90. The molecule has 0 spiro atoms. The van der Waals surface area contributed by atoms with E-state index in [1.54, 1.807) is 12.1 Å². The topological polar surface area (TPSA) is 55.6 Å². The molecule has 0 radical (unpaired) electrons. The Morgan fingerprint density at radius 3 is 2.76 bits per heavy atom. The van der Waals surface area contributed by atoms with Gasteiger partial charge in [0.15, 0.2) is 0 Å². The molecule has 0 aromatic heterocycles. The van der Waals surface area contributed by atoms with Crippen molar-refractivity contribution < 1.29 is 13.9 Å². The first kappa shape index (κ1) is 15.8. The van der Waals surface area contributed by atoms with Crippen molar-refractivity contribution in [3.8, 4) is 0 Å². The van der Waals surface area contributed by atoms with E-state index in [0.717, 1.165) is 31.6 Å². The Bertz CT molecular complexity index is 464. The van der Waals surface area contributed by atoms with Crippen LogP contribution in [-0.2, 0) is 9.53 Å². The molecule has 21 heavy (non-hydrogen) atoms. The van der Waals surface area contributed by atoms with E-state index in [9.17, 15) is 9.18 Å². The van der Waals surface area contributed by atoms with Crippen molar-refractivity contribution in [1.29, 1.82) is 0 Å². The van der Waals surface area contributed by atoms with Crippen molar-refractivity contribution in [2.75, 3.05) is 24.6 Å². The SMILES string of the molecule is CCOC(=O)CCC1CC(N)CN(c2ccc(F)cc2)C1. The number of rotatable bonds is 5. The van der Waals surface area contributed by atoms with Gasteiger partial charge >= 0.3 is 5.97 Å². The molecule has 5 heteroatoms. The van der Waals surface area contributed by atoms with Crippen LogP contribution in [-0.4, -0.2) is 31.7 Å². The molecule has 1 saturated heterocycles. The lowest BCUT2D eigenvalue weighted by Gasteiger charge is -2.37. The first-order chi connectivity index (χ1) is 10.1. The predicted molar refractivity (Wildman–Crippen MR) is 80.6 cm³/mol. The van der Waals surface area contributed by atoms with Crippen LogP contribution in [0.4, 0.5) is 10.1 Å². The summed E-state index contributed by atoms with van der Waals surface area (Å²) in [6.07, 6.45) is 2.13. The predicted octanol–water partition coefficient (Wildman–Crippen LogP) is 2.32. The Morgan fingerprint density at radius 2 is 2.10 bits per heavy atom. The minimum Gasteiger partial charge on any atom is -0.466 e. The molecule has 2 N–H and O–H groups in total. The summed E-state index contributed by atoms with van der Waals surface area (Å²) < 4.78 is 18.0. The van der Waals surface area contributed by atoms with E-state index >= 15 is 0 Å². The number of carbonyl (C=O) groups is 1. The minimum atomic E-state index is -0.237. The van der Waals surface area contributed by atoms with Crippen molar-refractivity contribution in [3.63, 3.8) is 0 Å². The molecule has 2 unspecified atom stereocenters. The molecule has 1 aromatic carbocycles. The molecule has 2 atom stereocenters. The number of esters is 1. The summed E-state index contributed by atoms with van der Waals surface area (Å²) in [6.45, 7) is 3.84. The molecule has 1 aliphatic rings. The maximum absolute atomic E-state index is 13.0. The number of nitrogens with zero attached hydrogens (tertiary/aromatic N) is 1. The van der Waals surface area contributed by atoms with Gasteiger partial charge < -0.3 is 15.4 Å². The van der Waals surface area contributed by atoms with Gasteiger partial charge in [-0.2, -0.15) is 0 Å². The highest BCUT2D eigenvalue weighted by atomic mass is 19.1. The lowest BCUT2D eigenvalue weighted by Crippen LogP contribution is -2.47. The number of benzene rings is 1. The van der Waals surface area contributed by atoms with Gasteiger partial charge in [-0.1, -0.05) is 0 Å². The maximum atomic E-state index is 13.0. The molecule has 0 bridgehead atoms. The van der Waals surface area contributed by atoms with Crippen LogP contribution in [0.5, 0.6) is 0 Å². The summed E-state index contributed by atoms with van der Waals surface area (Å²) >= 11 is 0. The first-order valence-electron chi connectivity index (χ1n) is 7.50. The van der Waals surface area contributed by atoms with E-state index in [2.05, 4.69) is 4.90 Å². The van der Waals surface area contributed by atoms with Crippen molar-refractivity contribution in [2.24, 2.45) is 11.7 Å². The fraction of sp³-hybridized carbons (Fsp3) is 0.562. The number of hydrogen-bond acceptors (Lipinski definition) is 4. The zero-order valence-electron chi connectivity index (χ0n) is 12.4. The average Bonchev–Trinajstić information content (AvgIpc) is 2.46. The summed E-state index contributed by atoms with van der Waals surface area (Å²) in [6, 6.07) is 6.55. The summed E-state index contributed by atoms with van der Waals surface area (Å²) in [7, 11) is 0. The van der Waals surface area contributed by atoms with E-state index < -0.39 is 0 Å². The molecule has 116 valence electrons. The van der Waals surface area contributed by atoms with Crippen molar-refractivity contribution in [2.45, 2.75) is 32.2 Å². The fourth-order valence-corrected chi connectivity index (χ4v) is 2.87. The second-order valence-electron chi connectivity index (χ2n) is 5.59. The van der Waals surface area contributed by atoms with Crippen LogP contribution in [0.2, 0.25) is 0 Å². The molecule has 0 aliphatic carbocycles. The molecule has 2 rings (SSSR count). The van der Waals surface area contributed by atoms with E-state index in [-0.39, 0.29) is 17.8 Å². The van der Waals surface area contributed by atoms with Gasteiger partial charge in [-0.3, -0.25) is 4.79 Å². The van der Waals surface area contributed by atoms with Crippen molar-refractivity contribution in [3.05, 3.63) is 30.1 Å². The van der Waals surface area contributed by atoms with Crippen LogP contribution in [0.3, 0.4) is 0 Å². The number of carbonyl (C=O) groups excluding carboxylic acids is 1. The second kappa shape index (κ2) is 7.41. The van der Waals surface area contributed by atoms with E-state index in [1.807, 2.05) is 6.92 Å². The molecule has 1 aromatic rings. The summed E-state index contributed by atoms with van der Waals surface area (Å²) in [4.78, 5) is 13.6. The van der Waals surface area contributed by atoms with Gasteiger partial charge in [0.1, 0.15) is 5.82 Å². The Labute approximate surface area is 125 Å². The minimum absolute atomic E-state index is 0.0796. The Balaban J connectivity index is 1.92. The average molecular weight is 294 g/mol. The summed E-state index contributed by atoms with van der Waals surface area (Å²) in [5, 5.41) is 0. The molecular weight excluding hydrogens is 271 g/mol. The molecule has 0 saturated carbocycles. The number of piperidine rings is 1. The highest BCUT2D eigenvalue weighted by molar-refractivity contribution is 5.69. The number of halogens is 1. The van der Waals surface area contributed by atoms with Gasteiger partial charge in [-0.25, -0.2) is 4.39 Å². The van der Waals surface area contributed by atoms with Crippen molar-refractivity contribution >= 4 is 11.7 Å². The zero-order chi connectivity index (χ0) is 15.2. The number of ether oxygens (including phenoxy) is 1. The molecule has 0 amide bonds. The molecular formula is C16H23FN2O2. The number of hydrogen-bond donors (Lipinski definition) is 1. The van der Waals surface area contributed by atoms with E-state index in [0.29, 0.717) is 18.9 Å². The third-order valence-electron chi connectivity index (χ3n) is 3.82. The van der Waals surface area contributed by atoms with E-state index in [4.69, 9.17) is 10.5 Å². The highest BCUT2D eigenvalue weighted by Crippen LogP contribution is 2.25. The Morgan fingerprint density at radius 1 is 1.38 bits per heavy atom. The molecule has 1 heterocycles.